The number of carbonyl (C=O) groups excluding carboxylic acids is 1. The van der Waals surface area contributed by atoms with Crippen molar-refractivity contribution in [2.45, 2.75) is 0 Å². The third-order valence-corrected chi connectivity index (χ3v) is 2.03. The molecule has 1 saturated heterocycles. The van der Waals surface area contributed by atoms with Crippen LogP contribution in [0.3, 0.4) is 0 Å². The Morgan fingerprint density at radius 3 is 2.92 bits per heavy atom. The van der Waals surface area contributed by atoms with E-state index in [1.807, 2.05) is 0 Å². The second-order valence-electron chi connectivity index (χ2n) is 2.87. The number of ether oxygens (including phenoxy) is 1. The van der Waals surface area contributed by atoms with E-state index in [0.717, 1.165) is 0 Å². The number of imidazole rings is 1. The Labute approximate surface area is 75.7 Å². The van der Waals surface area contributed by atoms with Crippen molar-refractivity contribution in [1.29, 1.82) is 0 Å². The summed E-state index contributed by atoms with van der Waals surface area (Å²) in [6.07, 6.45) is 3.05. The van der Waals surface area contributed by atoms with Crippen molar-refractivity contribution in [2.75, 3.05) is 26.3 Å². The summed E-state index contributed by atoms with van der Waals surface area (Å²) in [4.78, 5) is 20.0. The molecule has 1 aliphatic rings. The number of carbonyl (C=O) groups is 1. The molecule has 0 aliphatic carbocycles. The first-order chi connectivity index (χ1) is 6.38. The van der Waals surface area contributed by atoms with E-state index in [1.54, 1.807) is 4.90 Å². The minimum absolute atomic E-state index is 0.000741. The topological polar surface area (TPSA) is 58.2 Å². The molecule has 0 unspecified atom stereocenters. The van der Waals surface area contributed by atoms with Crippen LogP contribution in [0.5, 0.6) is 0 Å². The van der Waals surface area contributed by atoms with Crippen molar-refractivity contribution < 1.29 is 9.53 Å². The average molecular weight is 181 g/mol. The summed E-state index contributed by atoms with van der Waals surface area (Å²) in [5.41, 5.74) is 0.543. The molecule has 2 heterocycles. The van der Waals surface area contributed by atoms with Gasteiger partial charge in [0.25, 0.3) is 5.91 Å². The molecule has 1 amide bonds. The van der Waals surface area contributed by atoms with Gasteiger partial charge >= 0.3 is 0 Å². The molecule has 0 aromatic carbocycles. The smallest absolute Gasteiger partial charge is 0.272 e. The Hall–Kier alpha value is -1.36. The van der Waals surface area contributed by atoms with Crippen molar-refractivity contribution in [3.05, 3.63) is 18.2 Å². The number of hydrogen-bond acceptors (Lipinski definition) is 3. The van der Waals surface area contributed by atoms with E-state index in [4.69, 9.17) is 4.74 Å². The van der Waals surface area contributed by atoms with Crippen molar-refractivity contribution in [1.82, 2.24) is 14.9 Å². The molecular formula is C8H11N3O2. The van der Waals surface area contributed by atoms with E-state index in [1.165, 1.54) is 12.5 Å². The summed E-state index contributed by atoms with van der Waals surface area (Å²) in [5.74, 6) is 0.000741. The van der Waals surface area contributed by atoms with Crippen LogP contribution in [0.2, 0.25) is 0 Å². The fourth-order valence-electron chi connectivity index (χ4n) is 1.31. The molecule has 0 saturated carbocycles. The Balaban J connectivity index is 2.04. The maximum Gasteiger partial charge on any atom is 0.272 e. The summed E-state index contributed by atoms with van der Waals surface area (Å²) in [7, 11) is 0. The summed E-state index contributed by atoms with van der Waals surface area (Å²) in [5, 5.41) is 0. The molecule has 5 heteroatoms. The molecule has 1 aromatic heterocycles. The predicted octanol–water partition coefficient (Wildman–Crippen LogP) is -0.118. The first kappa shape index (κ1) is 8.25. The molecule has 0 spiro atoms. The van der Waals surface area contributed by atoms with E-state index in [-0.39, 0.29) is 5.91 Å². The fourth-order valence-corrected chi connectivity index (χ4v) is 1.31. The largest absolute Gasteiger partial charge is 0.378 e. The number of nitrogens with one attached hydrogen (secondary N) is 1. The minimum Gasteiger partial charge on any atom is -0.378 e. The van der Waals surface area contributed by atoms with Gasteiger partial charge in [-0.25, -0.2) is 4.98 Å². The number of amides is 1. The molecule has 1 aliphatic heterocycles. The summed E-state index contributed by atoms with van der Waals surface area (Å²) in [6, 6.07) is 0. The van der Waals surface area contributed by atoms with Gasteiger partial charge in [-0.1, -0.05) is 0 Å². The maximum atomic E-state index is 11.7. The van der Waals surface area contributed by atoms with E-state index < -0.39 is 0 Å². The average Bonchev–Trinajstić information content (AvgIpc) is 2.71. The normalized spacial score (nSPS) is 17.4. The third-order valence-electron chi connectivity index (χ3n) is 2.03. The zero-order valence-corrected chi connectivity index (χ0v) is 7.19. The quantitative estimate of drug-likeness (QED) is 0.657. The molecule has 1 aromatic rings. The summed E-state index contributed by atoms with van der Waals surface area (Å²) < 4.78 is 5.15. The Bertz CT molecular complexity index is 278. The van der Waals surface area contributed by atoms with Crippen LogP contribution in [0.25, 0.3) is 0 Å². The van der Waals surface area contributed by atoms with Crippen molar-refractivity contribution in [3.63, 3.8) is 0 Å². The van der Waals surface area contributed by atoms with Gasteiger partial charge in [-0.15, -0.1) is 0 Å². The van der Waals surface area contributed by atoms with Crippen LogP contribution < -0.4 is 0 Å². The third kappa shape index (κ3) is 1.70. The second kappa shape index (κ2) is 3.57. The Kier molecular flexibility index (Phi) is 2.27. The summed E-state index contributed by atoms with van der Waals surface area (Å²) >= 11 is 0. The predicted molar refractivity (Wildman–Crippen MR) is 45.3 cm³/mol. The zero-order chi connectivity index (χ0) is 9.10. The Morgan fingerprint density at radius 1 is 1.54 bits per heavy atom. The second-order valence-corrected chi connectivity index (χ2v) is 2.87. The van der Waals surface area contributed by atoms with Crippen molar-refractivity contribution in [2.24, 2.45) is 0 Å². The number of aromatic nitrogens is 2. The highest BCUT2D eigenvalue weighted by Crippen LogP contribution is 2.03. The zero-order valence-electron chi connectivity index (χ0n) is 7.19. The molecule has 0 atom stereocenters. The van der Waals surface area contributed by atoms with Crippen LogP contribution in [0.15, 0.2) is 12.5 Å². The highest BCUT2D eigenvalue weighted by molar-refractivity contribution is 5.92. The molecule has 0 bridgehead atoms. The lowest BCUT2D eigenvalue weighted by Gasteiger charge is -2.26. The maximum absolute atomic E-state index is 11.7. The van der Waals surface area contributed by atoms with E-state index in [0.29, 0.717) is 32.0 Å². The van der Waals surface area contributed by atoms with Crippen LogP contribution in [-0.4, -0.2) is 47.1 Å². The van der Waals surface area contributed by atoms with Gasteiger partial charge in [-0.05, 0) is 0 Å². The van der Waals surface area contributed by atoms with Crippen LogP contribution in [0.4, 0.5) is 0 Å². The lowest BCUT2D eigenvalue weighted by molar-refractivity contribution is 0.0299. The number of hydrogen-bond donors (Lipinski definition) is 1. The van der Waals surface area contributed by atoms with Gasteiger partial charge in [0.15, 0.2) is 0 Å². The standard InChI is InChI=1S/C8H11N3O2/c12-8(7-5-9-6-10-7)11-1-3-13-4-2-11/h5-6H,1-4H2,(H,9,10). The minimum atomic E-state index is 0.000741. The molecule has 2 rings (SSSR count). The fraction of sp³-hybridized carbons (Fsp3) is 0.500. The van der Waals surface area contributed by atoms with Gasteiger partial charge in [0.1, 0.15) is 5.69 Å². The van der Waals surface area contributed by atoms with Gasteiger partial charge in [0, 0.05) is 13.1 Å². The highest BCUT2D eigenvalue weighted by atomic mass is 16.5. The van der Waals surface area contributed by atoms with Gasteiger partial charge in [-0.3, -0.25) is 4.79 Å². The molecular weight excluding hydrogens is 170 g/mol. The monoisotopic (exact) mass is 181 g/mol. The molecule has 13 heavy (non-hydrogen) atoms. The van der Waals surface area contributed by atoms with Gasteiger partial charge in [-0.2, -0.15) is 0 Å². The van der Waals surface area contributed by atoms with Crippen LogP contribution in [-0.2, 0) is 4.74 Å². The molecule has 1 N–H and O–H groups in total. The number of H-pyrrole nitrogens is 1. The van der Waals surface area contributed by atoms with Crippen LogP contribution >= 0.6 is 0 Å². The first-order valence-electron chi connectivity index (χ1n) is 4.23. The summed E-state index contributed by atoms with van der Waals surface area (Å²) in [6.45, 7) is 2.58. The van der Waals surface area contributed by atoms with E-state index >= 15 is 0 Å². The van der Waals surface area contributed by atoms with Crippen LogP contribution in [0.1, 0.15) is 10.5 Å². The SMILES string of the molecule is O=C(c1cnc[nH]1)N1CCOCC1. The number of aromatic amines is 1. The number of morpholine rings is 1. The van der Waals surface area contributed by atoms with Crippen LogP contribution in [0, 0.1) is 0 Å². The van der Waals surface area contributed by atoms with Crippen molar-refractivity contribution in [3.8, 4) is 0 Å². The van der Waals surface area contributed by atoms with E-state index in [9.17, 15) is 4.79 Å². The Morgan fingerprint density at radius 2 is 2.31 bits per heavy atom. The number of rotatable bonds is 1. The van der Waals surface area contributed by atoms with E-state index in [2.05, 4.69) is 9.97 Å². The highest BCUT2D eigenvalue weighted by Gasteiger charge is 2.18. The lowest BCUT2D eigenvalue weighted by atomic mass is 10.3. The number of nitrogens with zero attached hydrogens (tertiary/aromatic N) is 2. The van der Waals surface area contributed by atoms with Gasteiger partial charge in [0.05, 0.1) is 25.7 Å². The van der Waals surface area contributed by atoms with Gasteiger partial charge in [0.2, 0.25) is 0 Å². The van der Waals surface area contributed by atoms with Crippen molar-refractivity contribution >= 4 is 5.91 Å². The molecule has 5 nitrogen and oxygen atoms in total. The molecule has 1 fully saturated rings. The molecule has 70 valence electrons. The molecule has 0 radical (unpaired) electrons. The first-order valence-corrected chi connectivity index (χ1v) is 4.23. The van der Waals surface area contributed by atoms with Gasteiger partial charge < -0.3 is 14.6 Å². The lowest BCUT2D eigenvalue weighted by Crippen LogP contribution is -2.40.